The molecule has 0 radical (unpaired) electrons. The van der Waals surface area contributed by atoms with E-state index in [4.69, 9.17) is 0 Å². The molecule has 0 aromatic carbocycles. The highest BCUT2D eigenvalue weighted by Crippen LogP contribution is 2.16. The number of sulfonamides is 1. The molecule has 0 amide bonds. The molecule has 2 heterocycles. The van der Waals surface area contributed by atoms with E-state index >= 15 is 0 Å². The van der Waals surface area contributed by atoms with E-state index in [0.29, 0.717) is 11.5 Å². The minimum absolute atomic E-state index is 0.357. The molecule has 0 fully saturated rings. The van der Waals surface area contributed by atoms with Crippen LogP contribution in [0.5, 0.6) is 0 Å². The number of anilines is 1. The SMILES string of the molecule is CS(=O)(=O)Nc1cccnc1-n1cncn1. The highest BCUT2D eigenvalue weighted by atomic mass is 32.2. The molecular weight excluding hydrogens is 230 g/mol. The van der Waals surface area contributed by atoms with Crippen molar-refractivity contribution in [1.29, 1.82) is 0 Å². The summed E-state index contributed by atoms with van der Waals surface area (Å²) in [6.45, 7) is 0. The van der Waals surface area contributed by atoms with Crippen LogP contribution >= 0.6 is 0 Å². The number of aromatic nitrogens is 4. The highest BCUT2D eigenvalue weighted by molar-refractivity contribution is 7.92. The number of nitrogens with zero attached hydrogens (tertiary/aromatic N) is 4. The predicted molar refractivity (Wildman–Crippen MR) is 57.6 cm³/mol. The number of hydrogen-bond donors (Lipinski definition) is 1. The van der Waals surface area contributed by atoms with Crippen LogP contribution in [-0.4, -0.2) is 34.4 Å². The van der Waals surface area contributed by atoms with Crippen LogP contribution < -0.4 is 4.72 Å². The molecule has 16 heavy (non-hydrogen) atoms. The molecule has 0 aliphatic carbocycles. The summed E-state index contributed by atoms with van der Waals surface area (Å²) in [6.07, 6.45) is 5.41. The summed E-state index contributed by atoms with van der Waals surface area (Å²) in [5.74, 6) is 0.380. The fourth-order valence-corrected chi connectivity index (χ4v) is 1.74. The molecule has 0 spiro atoms. The summed E-state index contributed by atoms with van der Waals surface area (Å²) in [4.78, 5) is 7.81. The Bertz CT molecular complexity index is 578. The lowest BCUT2D eigenvalue weighted by atomic mass is 10.4. The summed E-state index contributed by atoms with van der Waals surface area (Å²) in [5.41, 5.74) is 0.357. The maximum absolute atomic E-state index is 11.1. The number of hydrogen-bond acceptors (Lipinski definition) is 5. The minimum atomic E-state index is -3.34. The van der Waals surface area contributed by atoms with Crippen molar-refractivity contribution in [2.45, 2.75) is 0 Å². The number of pyridine rings is 1. The number of rotatable bonds is 3. The highest BCUT2D eigenvalue weighted by Gasteiger charge is 2.09. The second kappa shape index (κ2) is 3.89. The van der Waals surface area contributed by atoms with E-state index in [-0.39, 0.29) is 0 Å². The summed E-state index contributed by atoms with van der Waals surface area (Å²) >= 11 is 0. The monoisotopic (exact) mass is 239 g/mol. The molecule has 7 nitrogen and oxygen atoms in total. The van der Waals surface area contributed by atoms with E-state index in [2.05, 4.69) is 19.8 Å². The molecule has 1 N–H and O–H groups in total. The van der Waals surface area contributed by atoms with Crippen LogP contribution in [-0.2, 0) is 10.0 Å². The zero-order valence-electron chi connectivity index (χ0n) is 8.40. The molecule has 2 rings (SSSR count). The Morgan fingerprint density at radius 2 is 2.25 bits per heavy atom. The van der Waals surface area contributed by atoms with Crippen molar-refractivity contribution in [1.82, 2.24) is 19.7 Å². The summed E-state index contributed by atoms with van der Waals surface area (Å²) in [6, 6.07) is 3.24. The first-order valence-electron chi connectivity index (χ1n) is 4.34. The van der Waals surface area contributed by atoms with Gasteiger partial charge in [-0.1, -0.05) is 0 Å². The van der Waals surface area contributed by atoms with Gasteiger partial charge in [0.2, 0.25) is 10.0 Å². The van der Waals surface area contributed by atoms with E-state index in [1.165, 1.54) is 17.3 Å². The standard InChI is InChI=1S/C8H9N5O2S/c1-16(14,15)12-7-3-2-4-10-8(7)13-6-9-5-11-13/h2-6,12H,1H3. The first kappa shape index (κ1) is 10.6. The van der Waals surface area contributed by atoms with Crippen molar-refractivity contribution in [2.75, 3.05) is 11.0 Å². The van der Waals surface area contributed by atoms with E-state index in [1.54, 1.807) is 18.3 Å². The Labute approximate surface area is 92.2 Å². The average Bonchev–Trinajstić information content (AvgIpc) is 2.69. The molecule has 0 aliphatic rings. The van der Waals surface area contributed by atoms with Crippen molar-refractivity contribution < 1.29 is 8.42 Å². The second-order valence-electron chi connectivity index (χ2n) is 3.09. The van der Waals surface area contributed by atoms with Gasteiger partial charge >= 0.3 is 0 Å². The fraction of sp³-hybridized carbons (Fsp3) is 0.125. The number of nitrogens with one attached hydrogen (secondary N) is 1. The lowest BCUT2D eigenvalue weighted by Crippen LogP contribution is -2.13. The van der Waals surface area contributed by atoms with Gasteiger partial charge in [-0.05, 0) is 12.1 Å². The topological polar surface area (TPSA) is 89.8 Å². The van der Waals surface area contributed by atoms with E-state index < -0.39 is 10.0 Å². The molecule has 0 atom stereocenters. The molecule has 8 heteroatoms. The van der Waals surface area contributed by atoms with Gasteiger partial charge < -0.3 is 0 Å². The Hall–Kier alpha value is -1.96. The van der Waals surface area contributed by atoms with Gasteiger partial charge in [-0.25, -0.2) is 23.1 Å². The van der Waals surface area contributed by atoms with E-state index in [9.17, 15) is 8.42 Å². The molecule has 0 saturated heterocycles. The van der Waals surface area contributed by atoms with Gasteiger partial charge in [0.1, 0.15) is 12.7 Å². The summed E-state index contributed by atoms with van der Waals surface area (Å²) in [7, 11) is -3.34. The van der Waals surface area contributed by atoms with Crippen molar-refractivity contribution in [3.63, 3.8) is 0 Å². The third-order valence-corrected chi connectivity index (χ3v) is 2.31. The van der Waals surface area contributed by atoms with Crippen LogP contribution in [0.1, 0.15) is 0 Å². The third-order valence-electron chi connectivity index (χ3n) is 1.72. The molecule has 0 saturated carbocycles. The van der Waals surface area contributed by atoms with Crippen LogP contribution in [0.3, 0.4) is 0 Å². The maximum Gasteiger partial charge on any atom is 0.229 e. The smallest absolute Gasteiger partial charge is 0.229 e. The molecule has 0 aliphatic heterocycles. The Balaban J connectivity index is 2.47. The lowest BCUT2D eigenvalue weighted by Gasteiger charge is -2.08. The van der Waals surface area contributed by atoms with Crippen LogP contribution in [0.25, 0.3) is 5.82 Å². The van der Waals surface area contributed by atoms with E-state index in [1.807, 2.05) is 0 Å². The van der Waals surface area contributed by atoms with Gasteiger partial charge in [-0.2, -0.15) is 5.10 Å². The van der Waals surface area contributed by atoms with Crippen LogP contribution in [0.15, 0.2) is 31.0 Å². The quantitative estimate of drug-likeness (QED) is 0.816. The van der Waals surface area contributed by atoms with Crippen LogP contribution in [0, 0.1) is 0 Å². The first-order chi connectivity index (χ1) is 7.56. The Morgan fingerprint density at radius 1 is 1.44 bits per heavy atom. The van der Waals surface area contributed by atoms with Gasteiger partial charge in [0.15, 0.2) is 5.82 Å². The maximum atomic E-state index is 11.1. The lowest BCUT2D eigenvalue weighted by molar-refractivity contribution is 0.606. The van der Waals surface area contributed by atoms with Crippen LogP contribution in [0.2, 0.25) is 0 Å². The van der Waals surface area contributed by atoms with Gasteiger partial charge in [0.25, 0.3) is 0 Å². The molecule has 0 unspecified atom stereocenters. The Morgan fingerprint density at radius 3 is 2.88 bits per heavy atom. The first-order valence-corrected chi connectivity index (χ1v) is 6.23. The zero-order chi connectivity index (χ0) is 11.6. The van der Waals surface area contributed by atoms with Crippen molar-refractivity contribution in [3.8, 4) is 5.82 Å². The van der Waals surface area contributed by atoms with E-state index in [0.717, 1.165) is 6.26 Å². The summed E-state index contributed by atoms with van der Waals surface area (Å²) < 4.78 is 26.0. The Kier molecular flexibility index (Phi) is 2.57. The molecule has 84 valence electrons. The third kappa shape index (κ3) is 2.34. The summed E-state index contributed by atoms with van der Waals surface area (Å²) in [5, 5.41) is 3.89. The van der Waals surface area contributed by atoms with Gasteiger partial charge in [-0.3, -0.25) is 4.72 Å². The van der Waals surface area contributed by atoms with Crippen molar-refractivity contribution in [3.05, 3.63) is 31.0 Å². The van der Waals surface area contributed by atoms with Crippen molar-refractivity contribution in [2.24, 2.45) is 0 Å². The molecular formula is C8H9N5O2S. The zero-order valence-corrected chi connectivity index (χ0v) is 9.22. The van der Waals surface area contributed by atoms with Crippen molar-refractivity contribution >= 4 is 15.7 Å². The minimum Gasteiger partial charge on any atom is -0.280 e. The largest absolute Gasteiger partial charge is 0.280 e. The molecule has 2 aromatic rings. The van der Waals surface area contributed by atoms with Crippen LogP contribution in [0.4, 0.5) is 5.69 Å². The molecule has 2 aromatic heterocycles. The normalized spacial score (nSPS) is 11.3. The average molecular weight is 239 g/mol. The molecule has 0 bridgehead atoms. The predicted octanol–water partition coefficient (Wildman–Crippen LogP) is 0.0338. The van der Waals surface area contributed by atoms with Gasteiger partial charge in [0, 0.05) is 6.20 Å². The fourth-order valence-electron chi connectivity index (χ4n) is 1.18. The van der Waals surface area contributed by atoms with Gasteiger partial charge in [-0.15, -0.1) is 0 Å². The van der Waals surface area contributed by atoms with Gasteiger partial charge in [0.05, 0.1) is 11.9 Å². The second-order valence-corrected chi connectivity index (χ2v) is 4.84.